The molecule has 1 aromatic heterocycles. The third kappa shape index (κ3) is 5.01. The topological polar surface area (TPSA) is 64.1 Å². The molecule has 0 fully saturated rings. The second kappa shape index (κ2) is 9.28. The highest BCUT2D eigenvalue weighted by Crippen LogP contribution is 2.32. The number of rotatable bonds is 7. The van der Waals surface area contributed by atoms with Gasteiger partial charge in [-0.1, -0.05) is 66.7 Å². The van der Waals surface area contributed by atoms with E-state index in [-0.39, 0.29) is 16.6 Å². The smallest absolute Gasteiger partial charge is 0.175 e. The van der Waals surface area contributed by atoms with Crippen molar-refractivity contribution in [1.29, 1.82) is 0 Å². The lowest BCUT2D eigenvalue weighted by molar-refractivity contribution is 0.0977. The van der Waals surface area contributed by atoms with Crippen molar-refractivity contribution >= 4 is 15.6 Å². The Balaban J connectivity index is 1.74. The maximum Gasteiger partial charge on any atom is 0.175 e. The summed E-state index contributed by atoms with van der Waals surface area (Å²) in [7, 11) is -3.30. The number of carbonyl (C=O) groups excluding carboxylic acids is 1. The largest absolute Gasteiger partial charge is 0.294 e. The Morgan fingerprint density at radius 1 is 0.781 bits per heavy atom. The molecular weight excluding hydrogens is 418 g/mol. The quantitative estimate of drug-likeness (QED) is 0.352. The Morgan fingerprint density at radius 2 is 1.41 bits per heavy atom. The van der Waals surface area contributed by atoms with Crippen molar-refractivity contribution in [2.24, 2.45) is 0 Å². The van der Waals surface area contributed by atoms with Crippen LogP contribution < -0.4 is 0 Å². The second-order valence-electron chi connectivity index (χ2n) is 7.75. The summed E-state index contributed by atoms with van der Waals surface area (Å²) in [5.41, 5.74) is 4.42. The molecule has 160 valence electrons. The Morgan fingerprint density at radius 3 is 2.09 bits per heavy atom. The van der Waals surface area contributed by atoms with E-state index in [2.05, 4.69) is 4.98 Å². The highest BCUT2D eigenvalue weighted by atomic mass is 32.2. The van der Waals surface area contributed by atoms with Gasteiger partial charge in [0, 0.05) is 36.6 Å². The lowest BCUT2D eigenvalue weighted by atomic mass is 9.85. The van der Waals surface area contributed by atoms with Gasteiger partial charge in [0.1, 0.15) is 0 Å². The number of Topliss-reactive ketones (excluding diaryl/α,β-unsaturated/α-hetero) is 1. The van der Waals surface area contributed by atoms with Gasteiger partial charge < -0.3 is 0 Å². The van der Waals surface area contributed by atoms with Gasteiger partial charge in [-0.3, -0.25) is 9.78 Å². The van der Waals surface area contributed by atoms with Gasteiger partial charge in [0.2, 0.25) is 0 Å². The van der Waals surface area contributed by atoms with Gasteiger partial charge >= 0.3 is 0 Å². The number of pyridine rings is 1. The summed E-state index contributed by atoms with van der Waals surface area (Å²) >= 11 is 0. The molecule has 0 bridgehead atoms. The van der Waals surface area contributed by atoms with E-state index in [1.54, 1.807) is 42.7 Å². The summed E-state index contributed by atoms with van der Waals surface area (Å²) in [4.78, 5) is 17.3. The Bertz CT molecular complexity index is 1330. The summed E-state index contributed by atoms with van der Waals surface area (Å²) in [6.45, 7) is 0. The average Bonchev–Trinajstić information content (AvgIpc) is 2.83. The zero-order valence-corrected chi connectivity index (χ0v) is 18.5. The third-order valence-corrected chi connectivity index (χ3v) is 6.59. The maximum absolute atomic E-state index is 13.0. The fraction of sp³-hybridized carbons (Fsp3) is 0.111. The number of carbonyl (C=O) groups is 1. The van der Waals surface area contributed by atoms with Gasteiger partial charge in [0.05, 0.1) is 4.90 Å². The molecule has 3 aromatic carbocycles. The van der Waals surface area contributed by atoms with E-state index >= 15 is 0 Å². The minimum absolute atomic E-state index is 0.0470. The molecule has 1 atom stereocenters. The molecule has 1 unspecified atom stereocenters. The number of ketones is 1. The van der Waals surface area contributed by atoms with E-state index in [0.29, 0.717) is 12.0 Å². The zero-order chi connectivity index (χ0) is 22.6. The molecule has 5 heteroatoms. The molecule has 0 saturated carbocycles. The summed E-state index contributed by atoms with van der Waals surface area (Å²) < 4.78 is 24.0. The second-order valence-corrected chi connectivity index (χ2v) is 9.77. The monoisotopic (exact) mass is 441 g/mol. The van der Waals surface area contributed by atoms with E-state index in [4.69, 9.17) is 0 Å². The zero-order valence-electron chi connectivity index (χ0n) is 17.7. The fourth-order valence-corrected chi connectivity index (χ4v) is 4.46. The third-order valence-electron chi connectivity index (χ3n) is 5.48. The Labute approximate surface area is 188 Å². The van der Waals surface area contributed by atoms with Crippen LogP contribution in [0.5, 0.6) is 0 Å². The van der Waals surface area contributed by atoms with E-state index < -0.39 is 9.84 Å². The van der Waals surface area contributed by atoms with Crippen LogP contribution in [0.1, 0.15) is 33.8 Å². The Kier molecular flexibility index (Phi) is 6.28. The van der Waals surface area contributed by atoms with Crippen molar-refractivity contribution in [3.8, 4) is 11.1 Å². The van der Waals surface area contributed by atoms with E-state index in [1.807, 2.05) is 60.7 Å². The molecule has 4 aromatic rings. The molecule has 1 heterocycles. The summed E-state index contributed by atoms with van der Waals surface area (Å²) in [6, 6.07) is 28.3. The van der Waals surface area contributed by atoms with Crippen molar-refractivity contribution in [3.63, 3.8) is 0 Å². The predicted octanol–water partition coefficient (Wildman–Crippen LogP) is 5.56. The van der Waals surface area contributed by atoms with Gasteiger partial charge in [-0.25, -0.2) is 8.42 Å². The molecule has 0 saturated heterocycles. The van der Waals surface area contributed by atoms with Gasteiger partial charge in [-0.05, 0) is 46.5 Å². The van der Waals surface area contributed by atoms with Gasteiger partial charge in [0.15, 0.2) is 15.6 Å². The highest BCUT2D eigenvalue weighted by Gasteiger charge is 2.20. The SMILES string of the molecule is CS(=O)(=O)c1cccc(-c2cccc(C(CC(=O)c3ccncc3)c3ccccc3)c2)c1. The minimum Gasteiger partial charge on any atom is -0.294 e. The molecule has 32 heavy (non-hydrogen) atoms. The molecule has 0 N–H and O–H groups in total. The number of aromatic nitrogens is 1. The number of hydrogen-bond acceptors (Lipinski definition) is 4. The van der Waals surface area contributed by atoms with E-state index in [0.717, 1.165) is 22.3 Å². The molecule has 0 amide bonds. The lowest BCUT2D eigenvalue weighted by Gasteiger charge is -2.19. The molecule has 0 radical (unpaired) electrons. The van der Waals surface area contributed by atoms with E-state index in [9.17, 15) is 13.2 Å². The molecule has 0 aliphatic carbocycles. The lowest BCUT2D eigenvalue weighted by Crippen LogP contribution is -2.09. The number of sulfone groups is 1. The van der Waals surface area contributed by atoms with Gasteiger partial charge in [0.25, 0.3) is 0 Å². The van der Waals surface area contributed by atoms with Crippen LogP contribution in [-0.4, -0.2) is 25.4 Å². The van der Waals surface area contributed by atoms with Gasteiger partial charge in [-0.2, -0.15) is 0 Å². The standard InChI is InChI=1S/C27H23NO3S/c1-32(30,31)25-12-6-10-23(18-25)22-9-5-11-24(17-22)26(20-7-3-2-4-8-20)19-27(29)21-13-15-28-16-14-21/h2-18,26H,19H2,1H3. The number of hydrogen-bond donors (Lipinski definition) is 0. The van der Waals surface area contributed by atoms with Crippen LogP contribution in [-0.2, 0) is 9.84 Å². The first kappa shape index (κ1) is 21.7. The van der Waals surface area contributed by atoms with Crippen LogP contribution in [0.25, 0.3) is 11.1 Å². The first-order chi connectivity index (χ1) is 15.4. The van der Waals surface area contributed by atoms with Crippen LogP contribution >= 0.6 is 0 Å². The first-order valence-corrected chi connectivity index (χ1v) is 12.2. The molecular formula is C27H23NO3S. The normalized spacial score (nSPS) is 12.3. The van der Waals surface area contributed by atoms with Crippen LogP contribution in [0.4, 0.5) is 0 Å². The summed E-state index contributed by atoms with van der Waals surface area (Å²) in [6.07, 6.45) is 4.78. The van der Waals surface area contributed by atoms with Crippen molar-refractivity contribution < 1.29 is 13.2 Å². The van der Waals surface area contributed by atoms with Crippen LogP contribution in [0.3, 0.4) is 0 Å². The van der Waals surface area contributed by atoms with Crippen molar-refractivity contribution in [1.82, 2.24) is 4.98 Å². The molecule has 0 aliphatic heterocycles. The Hall–Kier alpha value is -3.57. The highest BCUT2D eigenvalue weighted by molar-refractivity contribution is 7.90. The predicted molar refractivity (Wildman–Crippen MR) is 126 cm³/mol. The van der Waals surface area contributed by atoms with Crippen LogP contribution in [0.2, 0.25) is 0 Å². The molecule has 0 aliphatic rings. The number of nitrogens with zero attached hydrogens (tertiary/aromatic N) is 1. The van der Waals surface area contributed by atoms with Crippen LogP contribution in [0, 0.1) is 0 Å². The molecule has 4 nitrogen and oxygen atoms in total. The van der Waals surface area contributed by atoms with Crippen molar-refractivity contribution in [2.75, 3.05) is 6.26 Å². The first-order valence-electron chi connectivity index (χ1n) is 10.3. The summed E-state index contributed by atoms with van der Waals surface area (Å²) in [5, 5.41) is 0. The molecule has 4 rings (SSSR count). The summed E-state index contributed by atoms with van der Waals surface area (Å²) in [5.74, 6) is -0.0827. The minimum atomic E-state index is -3.30. The molecule has 0 spiro atoms. The fourth-order valence-electron chi connectivity index (χ4n) is 3.80. The van der Waals surface area contributed by atoms with Crippen molar-refractivity contribution in [2.45, 2.75) is 17.2 Å². The average molecular weight is 442 g/mol. The number of benzene rings is 3. The van der Waals surface area contributed by atoms with Gasteiger partial charge in [-0.15, -0.1) is 0 Å². The van der Waals surface area contributed by atoms with E-state index in [1.165, 1.54) is 6.26 Å². The maximum atomic E-state index is 13.0. The van der Waals surface area contributed by atoms with Crippen LogP contribution in [0.15, 0.2) is 108 Å². The van der Waals surface area contributed by atoms with Crippen molar-refractivity contribution in [3.05, 3.63) is 120 Å².